The Bertz CT molecular complexity index is 502. The summed E-state index contributed by atoms with van der Waals surface area (Å²) in [6, 6.07) is 0. The molecule has 0 saturated carbocycles. The van der Waals surface area contributed by atoms with Gasteiger partial charge in [-0.15, -0.1) is 0 Å². The summed E-state index contributed by atoms with van der Waals surface area (Å²) in [5, 5.41) is 0. The summed E-state index contributed by atoms with van der Waals surface area (Å²) >= 11 is 0. The maximum atomic E-state index is 12.5. The number of fused-ring (bicyclic) bond motifs is 1. The van der Waals surface area contributed by atoms with E-state index in [2.05, 4.69) is 14.5 Å². The number of carbonyl (C=O) groups excluding carboxylic acids is 1. The van der Waals surface area contributed by atoms with Gasteiger partial charge in [0.15, 0.2) is 0 Å². The average molecular weight is 292 g/mol. The molecule has 2 aliphatic heterocycles. The van der Waals surface area contributed by atoms with E-state index >= 15 is 0 Å². The summed E-state index contributed by atoms with van der Waals surface area (Å²) in [7, 11) is 3.92. The van der Waals surface area contributed by atoms with Gasteiger partial charge in [-0.1, -0.05) is 0 Å². The zero-order valence-corrected chi connectivity index (χ0v) is 12.9. The topological polar surface area (TPSA) is 50.6 Å². The molecule has 1 aromatic heterocycles. The Balaban J connectivity index is 1.54. The number of morpholine rings is 1. The molecule has 21 heavy (non-hydrogen) atoms. The van der Waals surface area contributed by atoms with E-state index in [0.717, 1.165) is 38.3 Å². The first-order valence-electron chi connectivity index (χ1n) is 7.68. The minimum atomic E-state index is -0.304. The van der Waals surface area contributed by atoms with E-state index in [0.29, 0.717) is 19.1 Å². The maximum Gasteiger partial charge on any atom is 0.252 e. The lowest BCUT2D eigenvalue weighted by molar-refractivity contribution is -0.148. The van der Waals surface area contributed by atoms with Gasteiger partial charge in [0.2, 0.25) is 0 Å². The van der Waals surface area contributed by atoms with Crippen LogP contribution in [0.15, 0.2) is 12.4 Å². The Morgan fingerprint density at radius 2 is 2.38 bits per heavy atom. The highest BCUT2D eigenvalue weighted by Gasteiger charge is 2.29. The lowest BCUT2D eigenvalue weighted by Crippen LogP contribution is -2.50. The second-order valence-corrected chi connectivity index (χ2v) is 6.24. The summed E-state index contributed by atoms with van der Waals surface area (Å²) in [5.74, 6) is 1.78. The number of rotatable bonds is 3. The molecule has 0 aliphatic carbocycles. The summed E-state index contributed by atoms with van der Waals surface area (Å²) in [5.41, 5.74) is 0. The molecule has 1 fully saturated rings. The van der Waals surface area contributed by atoms with Crippen molar-refractivity contribution >= 4 is 5.91 Å². The first-order valence-corrected chi connectivity index (χ1v) is 7.68. The molecule has 2 atom stereocenters. The van der Waals surface area contributed by atoms with Crippen LogP contribution in [-0.2, 0) is 22.5 Å². The van der Waals surface area contributed by atoms with Crippen LogP contribution in [0.1, 0.15) is 12.2 Å². The average Bonchev–Trinajstić information content (AvgIpc) is 2.94. The van der Waals surface area contributed by atoms with Gasteiger partial charge in [0.05, 0.1) is 6.61 Å². The van der Waals surface area contributed by atoms with Crippen molar-refractivity contribution in [1.29, 1.82) is 0 Å². The van der Waals surface area contributed by atoms with E-state index < -0.39 is 0 Å². The van der Waals surface area contributed by atoms with E-state index in [9.17, 15) is 4.79 Å². The number of ether oxygens (including phenoxy) is 1. The highest BCUT2D eigenvalue weighted by atomic mass is 16.5. The largest absolute Gasteiger partial charge is 0.366 e. The summed E-state index contributed by atoms with van der Waals surface area (Å²) < 4.78 is 7.82. The van der Waals surface area contributed by atoms with E-state index in [4.69, 9.17) is 4.74 Å². The van der Waals surface area contributed by atoms with Gasteiger partial charge in [0, 0.05) is 52.0 Å². The number of carbonyl (C=O) groups is 1. The molecule has 0 unspecified atom stereocenters. The Morgan fingerprint density at radius 1 is 1.52 bits per heavy atom. The molecule has 3 heterocycles. The summed E-state index contributed by atoms with van der Waals surface area (Å²) in [4.78, 5) is 20.8. The fourth-order valence-corrected chi connectivity index (χ4v) is 3.24. The monoisotopic (exact) mass is 292 g/mol. The molecule has 0 spiro atoms. The van der Waals surface area contributed by atoms with Crippen molar-refractivity contribution in [2.24, 2.45) is 5.92 Å². The third-order valence-electron chi connectivity index (χ3n) is 4.49. The molecule has 1 aromatic rings. The van der Waals surface area contributed by atoms with Crippen molar-refractivity contribution in [3.63, 3.8) is 0 Å². The van der Waals surface area contributed by atoms with Crippen LogP contribution in [0.4, 0.5) is 0 Å². The van der Waals surface area contributed by atoms with Crippen LogP contribution in [0.3, 0.4) is 0 Å². The Hall–Kier alpha value is -1.40. The first kappa shape index (κ1) is 14.5. The normalized spacial score (nSPS) is 26.4. The molecule has 6 nitrogen and oxygen atoms in total. The SMILES string of the molecule is CN1CCO[C@H](C(=O)N(C)C[C@@H]2CCc3nccn3C2)C1. The minimum Gasteiger partial charge on any atom is -0.366 e. The fraction of sp³-hybridized carbons (Fsp3) is 0.733. The van der Waals surface area contributed by atoms with Crippen LogP contribution in [0.25, 0.3) is 0 Å². The molecule has 2 aliphatic rings. The number of nitrogens with zero attached hydrogens (tertiary/aromatic N) is 4. The van der Waals surface area contributed by atoms with Crippen LogP contribution in [-0.4, -0.2) is 71.7 Å². The molecule has 116 valence electrons. The van der Waals surface area contributed by atoms with Gasteiger partial charge in [-0.3, -0.25) is 4.79 Å². The number of likely N-dealkylation sites (N-methyl/N-ethyl adjacent to an activating group) is 2. The zero-order valence-electron chi connectivity index (χ0n) is 12.9. The number of aryl methyl sites for hydroxylation is 1. The van der Waals surface area contributed by atoms with E-state index in [1.165, 1.54) is 0 Å². The molecule has 0 N–H and O–H groups in total. The van der Waals surface area contributed by atoms with E-state index in [1.807, 2.05) is 31.4 Å². The first-order chi connectivity index (χ1) is 10.1. The lowest BCUT2D eigenvalue weighted by atomic mass is 9.98. The molecule has 0 radical (unpaired) electrons. The third kappa shape index (κ3) is 3.27. The number of imidazole rings is 1. The maximum absolute atomic E-state index is 12.5. The number of amides is 1. The van der Waals surface area contributed by atoms with Crippen molar-refractivity contribution in [3.05, 3.63) is 18.2 Å². The van der Waals surface area contributed by atoms with Crippen LogP contribution >= 0.6 is 0 Å². The molecule has 1 saturated heterocycles. The van der Waals surface area contributed by atoms with Crippen LogP contribution in [0.2, 0.25) is 0 Å². The molecular weight excluding hydrogens is 268 g/mol. The second-order valence-electron chi connectivity index (χ2n) is 6.24. The van der Waals surface area contributed by atoms with Crippen molar-refractivity contribution in [2.75, 3.05) is 40.3 Å². The third-order valence-corrected chi connectivity index (χ3v) is 4.49. The molecule has 0 bridgehead atoms. The van der Waals surface area contributed by atoms with Crippen LogP contribution in [0.5, 0.6) is 0 Å². The fourth-order valence-electron chi connectivity index (χ4n) is 3.24. The molecule has 0 aromatic carbocycles. The van der Waals surface area contributed by atoms with Gasteiger partial charge < -0.3 is 19.1 Å². The van der Waals surface area contributed by atoms with E-state index in [-0.39, 0.29) is 12.0 Å². The highest BCUT2D eigenvalue weighted by molar-refractivity contribution is 5.81. The highest BCUT2D eigenvalue weighted by Crippen LogP contribution is 2.20. The van der Waals surface area contributed by atoms with Crippen molar-refractivity contribution < 1.29 is 9.53 Å². The smallest absolute Gasteiger partial charge is 0.252 e. The van der Waals surface area contributed by atoms with Gasteiger partial charge in [0.1, 0.15) is 11.9 Å². The second kappa shape index (κ2) is 6.15. The van der Waals surface area contributed by atoms with Crippen LogP contribution < -0.4 is 0 Å². The van der Waals surface area contributed by atoms with Crippen LogP contribution in [0, 0.1) is 5.92 Å². The van der Waals surface area contributed by atoms with Gasteiger partial charge in [-0.2, -0.15) is 0 Å². The molecular formula is C15H24N4O2. The van der Waals surface area contributed by atoms with Crippen molar-refractivity contribution in [1.82, 2.24) is 19.4 Å². The molecule has 1 amide bonds. The van der Waals surface area contributed by atoms with Crippen molar-refractivity contribution in [3.8, 4) is 0 Å². The number of hydrogen-bond acceptors (Lipinski definition) is 4. The predicted octanol–water partition coefficient (Wildman–Crippen LogP) is 0.235. The standard InChI is InChI=1S/C15H24N4O2/c1-17-7-8-21-13(11-17)15(20)18(2)9-12-3-4-14-16-5-6-19(14)10-12/h5-6,12-13H,3-4,7-11H2,1-2H3/t12-,13-/m0/s1. The molecule has 3 rings (SSSR count). The number of hydrogen-bond donors (Lipinski definition) is 0. The zero-order chi connectivity index (χ0) is 14.8. The van der Waals surface area contributed by atoms with Gasteiger partial charge in [-0.25, -0.2) is 4.98 Å². The Labute approximate surface area is 125 Å². The van der Waals surface area contributed by atoms with Gasteiger partial charge >= 0.3 is 0 Å². The molecule has 6 heteroatoms. The Morgan fingerprint density at radius 3 is 3.19 bits per heavy atom. The quantitative estimate of drug-likeness (QED) is 0.800. The van der Waals surface area contributed by atoms with E-state index in [1.54, 1.807) is 0 Å². The van der Waals surface area contributed by atoms with Crippen molar-refractivity contribution in [2.45, 2.75) is 25.5 Å². The minimum absolute atomic E-state index is 0.109. The van der Waals surface area contributed by atoms with Gasteiger partial charge in [0.25, 0.3) is 5.91 Å². The number of aromatic nitrogens is 2. The Kier molecular flexibility index (Phi) is 4.26. The summed E-state index contributed by atoms with van der Waals surface area (Å²) in [6.45, 7) is 3.99. The summed E-state index contributed by atoms with van der Waals surface area (Å²) in [6.07, 6.45) is 5.68. The lowest BCUT2D eigenvalue weighted by Gasteiger charge is -2.33. The van der Waals surface area contributed by atoms with Gasteiger partial charge in [-0.05, 0) is 19.4 Å². The predicted molar refractivity (Wildman–Crippen MR) is 78.9 cm³/mol.